The fourth-order valence-electron chi connectivity index (χ4n) is 1.27. The van der Waals surface area contributed by atoms with E-state index in [1.165, 1.54) is 0 Å². The molecule has 0 heterocycles. The maximum absolute atomic E-state index is 11.4. The molecule has 0 saturated carbocycles. The maximum atomic E-state index is 11.4. The highest BCUT2D eigenvalue weighted by Gasteiger charge is 2.11. The second kappa shape index (κ2) is 8.51. The van der Waals surface area contributed by atoms with Gasteiger partial charge in [-0.15, -0.1) is 0 Å². The minimum absolute atomic E-state index is 0.0390. The van der Waals surface area contributed by atoms with Crippen LogP contribution in [0.2, 0.25) is 0 Å². The molecule has 7 nitrogen and oxygen atoms in total. The molecule has 17 heavy (non-hydrogen) atoms. The van der Waals surface area contributed by atoms with Crippen LogP contribution in [0.1, 0.15) is 19.8 Å². The van der Waals surface area contributed by atoms with E-state index in [1.807, 2.05) is 0 Å². The van der Waals surface area contributed by atoms with Gasteiger partial charge in [-0.2, -0.15) is 0 Å². The van der Waals surface area contributed by atoms with Gasteiger partial charge in [0.15, 0.2) is 0 Å². The Bertz CT molecular complexity index is 281. The molecule has 0 atom stereocenters. The van der Waals surface area contributed by atoms with Crippen molar-refractivity contribution in [2.24, 2.45) is 5.73 Å². The van der Waals surface area contributed by atoms with Crippen LogP contribution in [0.15, 0.2) is 0 Å². The molecule has 0 bridgehead atoms. The molecular weight excluding hydrogens is 226 g/mol. The molecule has 0 saturated heterocycles. The van der Waals surface area contributed by atoms with E-state index in [9.17, 15) is 14.4 Å². The van der Waals surface area contributed by atoms with Crippen LogP contribution in [0, 0.1) is 0 Å². The highest BCUT2D eigenvalue weighted by atomic mass is 16.4. The zero-order valence-electron chi connectivity index (χ0n) is 9.94. The van der Waals surface area contributed by atoms with E-state index < -0.39 is 18.3 Å². The van der Waals surface area contributed by atoms with Gasteiger partial charge < -0.3 is 21.1 Å². The Hall–Kier alpha value is -1.63. The number of carbonyl (C=O) groups excluding carboxylic acids is 2. The highest BCUT2D eigenvalue weighted by Crippen LogP contribution is 1.92. The van der Waals surface area contributed by atoms with Crippen LogP contribution in [0.3, 0.4) is 0 Å². The van der Waals surface area contributed by atoms with Crippen LogP contribution in [-0.2, 0) is 14.4 Å². The summed E-state index contributed by atoms with van der Waals surface area (Å²) >= 11 is 0. The Morgan fingerprint density at radius 2 is 1.94 bits per heavy atom. The summed E-state index contributed by atoms with van der Waals surface area (Å²) < 4.78 is 0. The molecule has 0 aromatic heterocycles. The van der Waals surface area contributed by atoms with Gasteiger partial charge in [-0.25, -0.2) is 0 Å². The van der Waals surface area contributed by atoms with Gasteiger partial charge >= 0.3 is 5.97 Å². The molecule has 0 unspecified atom stereocenters. The van der Waals surface area contributed by atoms with Crippen molar-refractivity contribution < 1.29 is 19.5 Å². The molecular formula is C10H19N3O4. The van der Waals surface area contributed by atoms with E-state index in [-0.39, 0.29) is 12.5 Å². The predicted molar refractivity (Wildman–Crippen MR) is 61.2 cm³/mol. The van der Waals surface area contributed by atoms with E-state index >= 15 is 0 Å². The van der Waals surface area contributed by atoms with Crippen molar-refractivity contribution in [2.75, 3.05) is 26.2 Å². The van der Waals surface area contributed by atoms with Crippen molar-refractivity contribution in [1.29, 1.82) is 0 Å². The van der Waals surface area contributed by atoms with Crippen LogP contribution in [0.25, 0.3) is 0 Å². The monoisotopic (exact) mass is 245 g/mol. The molecule has 0 radical (unpaired) electrons. The number of carboxylic acids is 1. The molecule has 0 aromatic rings. The fourth-order valence-corrected chi connectivity index (χ4v) is 1.27. The standard InChI is InChI=1S/C10H19N3O4/c1-2-9(15)13(5-3-11)6-4-12-8(14)7-10(16)17/h2-7,11H2,1H3,(H,12,14)(H,16,17). The topological polar surface area (TPSA) is 113 Å². The van der Waals surface area contributed by atoms with Crippen molar-refractivity contribution in [3.05, 3.63) is 0 Å². The normalized spacial score (nSPS) is 9.76. The number of rotatable bonds is 8. The summed E-state index contributed by atoms with van der Waals surface area (Å²) in [5.41, 5.74) is 5.36. The van der Waals surface area contributed by atoms with Crippen molar-refractivity contribution in [1.82, 2.24) is 10.2 Å². The van der Waals surface area contributed by atoms with Gasteiger partial charge in [0.25, 0.3) is 0 Å². The number of hydrogen-bond donors (Lipinski definition) is 3. The van der Waals surface area contributed by atoms with Crippen molar-refractivity contribution in [3.8, 4) is 0 Å². The number of amides is 2. The first-order valence-electron chi connectivity index (χ1n) is 5.47. The van der Waals surface area contributed by atoms with E-state index in [0.717, 1.165) is 0 Å². The SMILES string of the molecule is CCC(=O)N(CCN)CCNC(=O)CC(=O)O. The third-order valence-electron chi connectivity index (χ3n) is 2.07. The predicted octanol–water partition coefficient (Wildman–Crippen LogP) is -1.23. The number of carboxylic acid groups (broad SMARTS) is 1. The van der Waals surface area contributed by atoms with Gasteiger partial charge in [-0.05, 0) is 0 Å². The summed E-state index contributed by atoms with van der Waals surface area (Å²) in [5.74, 6) is -1.77. The summed E-state index contributed by atoms with van der Waals surface area (Å²) in [4.78, 5) is 34.2. The quantitative estimate of drug-likeness (QED) is 0.464. The molecule has 98 valence electrons. The Labute approximate surface area is 100.0 Å². The van der Waals surface area contributed by atoms with E-state index in [0.29, 0.717) is 26.1 Å². The molecule has 0 aliphatic heterocycles. The highest BCUT2D eigenvalue weighted by molar-refractivity contribution is 5.93. The minimum Gasteiger partial charge on any atom is -0.481 e. The van der Waals surface area contributed by atoms with E-state index in [4.69, 9.17) is 10.8 Å². The largest absolute Gasteiger partial charge is 0.481 e. The Morgan fingerprint density at radius 1 is 1.29 bits per heavy atom. The summed E-state index contributed by atoms with van der Waals surface area (Å²) in [7, 11) is 0. The lowest BCUT2D eigenvalue weighted by Crippen LogP contribution is -2.41. The molecule has 7 heteroatoms. The molecule has 2 amide bonds. The molecule has 0 aliphatic carbocycles. The van der Waals surface area contributed by atoms with Gasteiger partial charge in [-0.1, -0.05) is 6.92 Å². The van der Waals surface area contributed by atoms with Crippen molar-refractivity contribution in [2.45, 2.75) is 19.8 Å². The van der Waals surface area contributed by atoms with Gasteiger partial charge in [0.05, 0.1) is 0 Å². The van der Waals surface area contributed by atoms with Gasteiger partial charge in [0.1, 0.15) is 6.42 Å². The zero-order valence-corrected chi connectivity index (χ0v) is 9.94. The lowest BCUT2D eigenvalue weighted by molar-refractivity contribution is -0.141. The summed E-state index contributed by atoms with van der Waals surface area (Å²) in [6, 6.07) is 0. The van der Waals surface area contributed by atoms with Crippen LogP contribution in [-0.4, -0.2) is 54.0 Å². The second-order valence-electron chi connectivity index (χ2n) is 3.44. The third-order valence-corrected chi connectivity index (χ3v) is 2.07. The molecule has 4 N–H and O–H groups in total. The number of nitrogens with zero attached hydrogens (tertiary/aromatic N) is 1. The Kier molecular flexibility index (Phi) is 7.70. The molecule has 0 aromatic carbocycles. The second-order valence-corrected chi connectivity index (χ2v) is 3.44. The van der Waals surface area contributed by atoms with E-state index in [2.05, 4.69) is 5.32 Å². The summed E-state index contributed by atoms with van der Waals surface area (Å²) in [6.07, 6.45) is -0.179. The third kappa shape index (κ3) is 7.29. The lowest BCUT2D eigenvalue weighted by Gasteiger charge is -2.21. The number of aliphatic carboxylic acids is 1. The smallest absolute Gasteiger partial charge is 0.312 e. The number of nitrogens with two attached hydrogens (primary N) is 1. The Balaban J connectivity index is 3.93. The van der Waals surface area contributed by atoms with Crippen LogP contribution >= 0.6 is 0 Å². The summed E-state index contributed by atoms with van der Waals surface area (Å²) in [5, 5.41) is 10.8. The summed E-state index contributed by atoms with van der Waals surface area (Å²) in [6.45, 7) is 3.11. The lowest BCUT2D eigenvalue weighted by atomic mass is 10.3. The van der Waals surface area contributed by atoms with Gasteiger partial charge in [0, 0.05) is 32.6 Å². The average molecular weight is 245 g/mol. The van der Waals surface area contributed by atoms with Gasteiger partial charge in [-0.3, -0.25) is 14.4 Å². The van der Waals surface area contributed by atoms with Crippen LogP contribution < -0.4 is 11.1 Å². The Morgan fingerprint density at radius 3 is 2.41 bits per heavy atom. The first-order chi connectivity index (χ1) is 8.01. The first kappa shape index (κ1) is 15.4. The minimum atomic E-state index is -1.18. The molecule has 0 fully saturated rings. The van der Waals surface area contributed by atoms with Crippen molar-refractivity contribution in [3.63, 3.8) is 0 Å². The number of hydrogen-bond acceptors (Lipinski definition) is 4. The van der Waals surface area contributed by atoms with Gasteiger partial charge in [0.2, 0.25) is 11.8 Å². The fraction of sp³-hybridized carbons (Fsp3) is 0.700. The van der Waals surface area contributed by atoms with Crippen LogP contribution in [0.4, 0.5) is 0 Å². The molecule has 0 rings (SSSR count). The number of carbonyl (C=O) groups is 3. The zero-order chi connectivity index (χ0) is 13.3. The maximum Gasteiger partial charge on any atom is 0.312 e. The average Bonchev–Trinajstić information content (AvgIpc) is 2.26. The number of nitrogens with one attached hydrogen (secondary N) is 1. The van der Waals surface area contributed by atoms with Crippen molar-refractivity contribution >= 4 is 17.8 Å². The van der Waals surface area contributed by atoms with E-state index in [1.54, 1.807) is 11.8 Å². The molecule has 0 aliphatic rings. The molecule has 0 spiro atoms. The first-order valence-corrected chi connectivity index (χ1v) is 5.47. The van der Waals surface area contributed by atoms with Crippen LogP contribution in [0.5, 0.6) is 0 Å².